The smallest absolute Gasteiger partial charge is 0.332 e. The Labute approximate surface area is 139 Å². The van der Waals surface area contributed by atoms with E-state index in [0.29, 0.717) is 25.7 Å². The van der Waals surface area contributed by atoms with E-state index in [9.17, 15) is 21.6 Å². The Bertz CT molecular complexity index is 720. The van der Waals surface area contributed by atoms with Crippen LogP contribution < -0.4 is 4.90 Å². The second-order valence-corrected chi connectivity index (χ2v) is 7.85. The summed E-state index contributed by atoms with van der Waals surface area (Å²) in [5.41, 5.74) is -0.976. The molecule has 0 bridgehead atoms. The number of hydrogen-bond donors (Lipinski definition) is 1. The molecule has 1 aliphatic heterocycles. The fourth-order valence-electron chi connectivity index (χ4n) is 2.71. The Hall–Kier alpha value is -1.63. The van der Waals surface area contributed by atoms with E-state index in [1.165, 1.54) is 10.4 Å². The molecule has 1 atom stereocenters. The van der Waals surface area contributed by atoms with E-state index in [1.54, 1.807) is 6.92 Å². The van der Waals surface area contributed by atoms with Crippen LogP contribution in [-0.2, 0) is 16.2 Å². The molecule has 1 heterocycles. The Morgan fingerprint density at radius 3 is 2.50 bits per heavy atom. The second-order valence-electron chi connectivity index (χ2n) is 5.91. The summed E-state index contributed by atoms with van der Waals surface area (Å²) in [6.45, 7) is 3.96. The summed E-state index contributed by atoms with van der Waals surface area (Å²) in [5, 5.41) is 8.83. The maximum absolute atomic E-state index is 12.8. The summed E-state index contributed by atoms with van der Waals surface area (Å²) in [6, 6.07) is 5.95. The summed E-state index contributed by atoms with van der Waals surface area (Å²) in [4.78, 5) is 0.783. The molecule has 1 aromatic rings. The number of halogens is 3. The molecular weight excluding hydrogens is 343 g/mol. The molecule has 0 aromatic heterocycles. The van der Waals surface area contributed by atoms with Crippen molar-refractivity contribution < 1.29 is 26.5 Å². The van der Waals surface area contributed by atoms with Crippen molar-refractivity contribution in [2.45, 2.75) is 18.0 Å². The van der Waals surface area contributed by atoms with Gasteiger partial charge in [0.25, 0.3) is 0 Å². The topological polar surface area (TPSA) is 65.6 Å². The molecule has 1 aliphatic rings. The maximum atomic E-state index is 12.8. The monoisotopic (exact) mass is 362 g/mol. The molecule has 0 radical (unpaired) electrons. The molecule has 1 fully saturated rings. The molecule has 5 nitrogen and oxygen atoms in total. The minimum atomic E-state index is -4.58. The molecule has 0 unspecified atom stereocenters. The minimum Gasteiger partial charge on any atom is -0.332 e. The van der Waals surface area contributed by atoms with Crippen molar-refractivity contribution in [2.24, 2.45) is 5.92 Å². The Morgan fingerprint density at radius 2 is 1.96 bits per heavy atom. The molecular formula is C15H19F3N3O2S+. The van der Waals surface area contributed by atoms with Gasteiger partial charge in [-0.1, -0.05) is 6.07 Å². The molecule has 1 aromatic carbocycles. The summed E-state index contributed by atoms with van der Waals surface area (Å²) < 4.78 is 64.6. The van der Waals surface area contributed by atoms with Crippen LogP contribution in [0.1, 0.15) is 12.5 Å². The number of nitriles is 1. The molecule has 1 N–H and O–H groups in total. The average Bonchev–Trinajstić information content (AvgIpc) is 2.54. The largest absolute Gasteiger partial charge is 0.416 e. The van der Waals surface area contributed by atoms with E-state index in [2.05, 4.69) is 6.07 Å². The van der Waals surface area contributed by atoms with Crippen LogP contribution in [0.5, 0.6) is 0 Å². The molecule has 1 saturated heterocycles. The van der Waals surface area contributed by atoms with Crippen LogP contribution in [0.15, 0.2) is 29.2 Å². The third-order valence-electron chi connectivity index (χ3n) is 4.04. The summed E-state index contributed by atoms with van der Waals surface area (Å²) >= 11 is 0. The van der Waals surface area contributed by atoms with Crippen molar-refractivity contribution in [1.82, 2.24) is 4.31 Å². The normalized spacial score (nSPS) is 19.0. The third kappa shape index (κ3) is 4.26. The Kier molecular flexibility index (Phi) is 5.52. The highest BCUT2D eigenvalue weighted by Crippen LogP contribution is 2.31. The van der Waals surface area contributed by atoms with Crippen molar-refractivity contribution >= 4 is 10.0 Å². The van der Waals surface area contributed by atoms with Crippen molar-refractivity contribution in [3.8, 4) is 6.07 Å². The number of nitrogens with zero attached hydrogens (tertiary/aromatic N) is 2. The first-order chi connectivity index (χ1) is 11.1. The van der Waals surface area contributed by atoms with Crippen LogP contribution in [0.25, 0.3) is 0 Å². The van der Waals surface area contributed by atoms with Crippen LogP contribution >= 0.6 is 0 Å². The third-order valence-corrected chi connectivity index (χ3v) is 5.94. The van der Waals surface area contributed by atoms with Gasteiger partial charge in [0.2, 0.25) is 10.0 Å². The zero-order valence-corrected chi connectivity index (χ0v) is 14.0. The van der Waals surface area contributed by atoms with Crippen molar-refractivity contribution in [3.05, 3.63) is 29.8 Å². The highest BCUT2D eigenvalue weighted by atomic mass is 32.2. The molecule has 0 spiro atoms. The van der Waals surface area contributed by atoms with Gasteiger partial charge < -0.3 is 4.90 Å². The summed E-state index contributed by atoms with van der Waals surface area (Å²) in [5.74, 6) is -0.119. The van der Waals surface area contributed by atoms with Gasteiger partial charge in [0, 0.05) is 0 Å². The quantitative estimate of drug-likeness (QED) is 0.860. The number of sulfonamides is 1. The first-order valence-electron chi connectivity index (χ1n) is 7.55. The van der Waals surface area contributed by atoms with Crippen molar-refractivity contribution in [2.75, 3.05) is 32.7 Å². The van der Waals surface area contributed by atoms with Gasteiger partial charge >= 0.3 is 6.18 Å². The number of quaternary nitrogens is 1. The van der Waals surface area contributed by atoms with Gasteiger partial charge in [-0.15, -0.1) is 0 Å². The van der Waals surface area contributed by atoms with Crippen LogP contribution in [-0.4, -0.2) is 45.4 Å². The molecule has 2 rings (SSSR count). The van der Waals surface area contributed by atoms with E-state index >= 15 is 0 Å². The molecule has 132 valence electrons. The van der Waals surface area contributed by atoms with Crippen molar-refractivity contribution in [1.29, 1.82) is 5.26 Å². The maximum Gasteiger partial charge on any atom is 0.416 e. The number of piperazine rings is 1. The lowest BCUT2D eigenvalue weighted by Gasteiger charge is -2.32. The molecule has 0 saturated carbocycles. The second kappa shape index (κ2) is 7.09. The number of nitrogens with one attached hydrogen (secondary N) is 1. The predicted molar refractivity (Wildman–Crippen MR) is 80.5 cm³/mol. The summed E-state index contributed by atoms with van der Waals surface area (Å²) in [6.07, 6.45) is -4.58. The molecule has 0 aliphatic carbocycles. The van der Waals surface area contributed by atoms with E-state index < -0.39 is 21.8 Å². The zero-order chi connectivity index (χ0) is 18.0. The lowest BCUT2D eigenvalue weighted by Crippen LogP contribution is -3.15. The fraction of sp³-hybridized carbons (Fsp3) is 0.533. The lowest BCUT2D eigenvalue weighted by atomic mass is 10.2. The van der Waals surface area contributed by atoms with Crippen LogP contribution in [0.4, 0.5) is 13.2 Å². The van der Waals surface area contributed by atoms with Gasteiger partial charge in [0.05, 0.1) is 55.2 Å². The van der Waals surface area contributed by atoms with E-state index in [4.69, 9.17) is 5.26 Å². The predicted octanol–water partition coefficient (Wildman–Crippen LogP) is 0.754. The van der Waals surface area contributed by atoms with Gasteiger partial charge in [-0.05, 0) is 25.1 Å². The van der Waals surface area contributed by atoms with Gasteiger partial charge in [-0.3, -0.25) is 0 Å². The number of benzene rings is 1. The molecule has 9 heteroatoms. The molecule has 0 amide bonds. The van der Waals surface area contributed by atoms with Crippen LogP contribution in [0.3, 0.4) is 0 Å². The number of rotatable bonds is 4. The van der Waals surface area contributed by atoms with Crippen LogP contribution in [0.2, 0.25) is 0 Å². The van der Waals surface area contributed by atoms with Crippen LogP contribution in [0, 0.1) is 17.2 Å². The van der Waals surface area contributed by atoms with E-state index in [-0.39, 0.29) is 23.9 Å². The Morgan fingerprint density at radius 1 is 1.33 bits per heavy atom. The first-order valence-corrected chi connectivity index (χ1v) is 8.99. The highest BCUT2D eigenvalue weighted by molar-refractivity contribution is 7.89. The molecule has 24 heavy (non-hydrogen) atoms. The first kappa shape index (κ1) is 18.7. The highest BCUT2D eigenvalue weighted by Gasteiger charge is 2.34. The fourth-order valence-corrected chi connectivity index (χ4v) is 4.20. The Balaban J connectivity index is 2.11. The number of hydrogen-bond acceptors (Lipinski definition) is 3. The van der Waals surface area contributed by atoms with Crippen molar-refractivity contribution in [3.63, 3.8) is 0 Å². The van der Waals surface area contributed by atoms with E-state index in [0.717, 1.165) is 17.0 Å². The van der Waals surface area contributed by atoms with Gasteiger partial charge in [0.15, 0.2) is 0 Å². The average molecular weight is 362 g/mol. The van der Waals surface area contributed by atoms with Gasteiger partial charge in [-0.2, -0.15) is 22.7 Å². The summed E-state index contributed by atoms with van der Waals surface area (Å²) in [7, 11) is -3.95. The lowest BCUT2D eigenvalue weighted by molar-refractivity contribution is -0.905. The van der Waals surface area contributed by atoms with Gasteiger partial charge in [-0.25, -0.2) is 8.42 Å². The van der Waals surface area contributed by atoms with Gasteiger partial charge in [0.1, 0.15) is 0 Å². The standard InChI is InChI=1S/C15H18F3N3O2S/c1-12(10-19)11-20-5-7-21(8-6-20)24(22,23)14-4-2-3-13(9-14)15(16,17)18/h2-4,9,12H,5-8,11H2,1H3/p+1/t12-/m1/s1. The van der Waals surface area contributed by atoms with E-state index in [1.807, 2.05) is 0 Å². The zero-order valence-electron chi connectivity index (χ0n) is 13.2. The number of alkyl halides is 3. The SMILES string of the molecule is C[C@H](C#N)C[NH+]1CCN(S(=O)(=O)c2cccc(C(F)(F)F)c2)CC1. The minimum absolute atomic E-state index is 0.119.